The maximum atomic E-state index is 6.11. The number of halogens is 2. The van der Waals surface area contributed by atoms with Crippen molar-refractivity contribution in [2.24, 2.45) is 5.73 Å². The Hall–Kier alpha value is -0.480. The lowest BCUT2D eigenvalue weighted by atomic mass is 10.2. The van der Waals surface area contributed by atoms with Gasteiger partial charge in [0, 0.05) is 30.3 Å². The van der Waals surface area contributed by atoms with Crippen molar-refractivity contribution < 1.29 is 4.74 Å². The SMILES string of the molecule is Cl.NCc1ccc(N2CCOCC2)cc1Cl. The molecule has 2 N–H and O–H groups in total. The second-order valence-electron chi connectivity index (χ2n) is 3.58. The Morgan fingerprint density at radius 3 is 2.56 bits per heavy atom. The van der Waals surface area contributed by atoms with E-state index in [1.165, 1.54) is 0 Å². The molecule has 0 saturated carbocycles. The molecule has 0 aromatic heterocycles. The number of hydrogen-bond acceptors (Lipinski definition) is 3. The van der Waals surface area contributed by atoms with Gasteiger partial charge < -0.3 is 15.4 Å². The molecular formula is C11H16Cl2N2O. The van der Waals surface area contributed by atoms with Crippen LogP contribution in [0.2, 0.25) is 5.02 Å². The summed E-state index contributed by atoms with van der Waals surface area (Å²) in [5.41, 5.74) is 7.71. The monoisotopic (exact) mass is 262 g/mol. The lowest BCUT2D eigenvalue weighted by Gasteiger charge is -2.29. The first kappa shape index (κ1) is 13.6. The predicted molar refractivity (Wildman–Crippen MR) is 69.6 cm³/mol. The van der Waals surface area contributed by atoms with E-state index >= 15 is 0 Å². The zero-order valence-corrected chi connectivity index (χ0v) is 10.6. The van der Waals surface area contributed by atoms with Crippen LogP contribution >= 0.6 is 24.0 Å². The fourth-order valence-electron chi connectivity index (χ4n) is 1.72. The van der Waals surface area contributed by atoms with Gasteiger partial charge in [-0.25, -0.2) is 0 Å². The van der Waals surface area contributed by atoms with Crippen LogP contribution in [0.3, 0.4) is 0 Å². The van der Waals surface area contributed by atoms with E-state index in [-0.39, 0.29) is 12.4 Å². The molecule has 0 spiro atoms. The molecule has 0 amide bonds. The molecule has 1 heterocycles. The van der Waals surface area contributed by atoms with Crippen molar-refractivity contribution >= 4 is 29.7 Å². The Morgan fingerprint density at radius 2 is 2.00 bits per heavy atom. The molecule has 90 valence electrons. The summed E-state index contributed by atoms with van der Waals surface area (Å²) in [7, 11) is 0. The quantitative estimate of drug-likeness (QED) is 0.887. The molecule has 2 rings (SSSR count). The second-order valence-corrected chi connectivity index (χ2v) is 3.99. The Kier molecular flexibility index (Phi) is 5.35. The summed E-state index contributed by atoms with van der Waals surface area (Å²) in [5, 5.41) is 0.751. The third-order valence-corrected chi connectivity index (χ3v) is 2.98. The predicted octanol–water partition coefficient (Wildman–Crippen LogP) is 2.06. The molecular weight excluding hydrogens is 247 g/mol. The Labute approximate surface area is 107 Å². The molecule has 16 heavy (non-hydrogen) atoms. The van der Waals surface area contributed by atoms with Crippen LogP contribution in [0.15, 0.2) is 18.2 Å². The van der Waals surface area contributed by atoms with Gasteiger partial charge in [0.05, 0.1) is 13.2 Å². The van der Waals surface area contributed by atoms with Gasteiger partial charge in [-0.3, -0.25) is 0 Å². The van der Waals surface area contributed by atoms with E-state index in [4.69, 9.17) is 22.1 Å². The van der Waals surface area contributed by atoms with Gasteiger partial charge in [-0.15, -0.1) is 12.4 Å². The van der Waals surface area contributed by atoms with Gasteiger partial charge in [0.2, 0.25) is 0 Å². The third-order valence-electron chi connectivity index (χ3n) is 2.63. The van der Waals surface area contributed by atoms with Crippen molar-refractivity contribution in [2.45, 2.75) is 6.54 Å². The maximum absolute atomic E-state index is 6.11. The van der Waals surface area contributed by atoms with Gasteiger partial charge in [0.15, 0.2) is 0 Å². The molecule has 5 heteroatoms. The fraction of sp³-hybridized carbons (Fsp3) is 0.455. The van der Waals surface area contributed by atoms with Gasteiger partial charge >= 0.3 is 0 Å². The number of rotatable bonds is 2. The molecule has 0 bridgehead atoms. The highest BCUT2D eigenvalue weighted by molar-refractivity contribution is 6.31. The minimum absolute atomic E-state index is 0. The van der Waals surface area contributed by atoms with E-state index in [0.717, 1.165) is 42.6 Å². The summed E-state index contributed by atoms with van der Waals surface area (Å²) in [4.78, 5) is 2.27. The normalized spacial score (nSPS) is 15.8. The minimum Gasteiger partial charge on any atom is -0.378 e. The van der Waals surface area contributed by atoms with Crippen molar-refractivity contribution in [1.82, 2.24) is 0 Å². The highest BCUT2D eigenvalue weighted by atomic mass is 35.5. The van der Waals surface area contributed by atoms with E-state index < -0.39 is 0 Å². The van der Waals surface area contributed by atoms with Crippen LogP contribution in [0.5, 0.6) is 0 Å². The third kappa shape index (κ3) is 3.01. The molecule has 1 aromatic carbocycles. The minimum atomic E-state index is 0. The number of hydrogen-bond donors (Lipinski definition) is 1. The Bertz CT molecular complexity index is 341. The van der Waals surface area contributed by atoms with Crippen molar-refractivity contribution in [2.75, 3.05) is 31.2 Å². The number of nitrogens with zero attached hydrogens (tertiary/aromatic N) is 1. The summed E-state index contributed by atoms with van der Waals surface area (Å²) in [6.45, 7) is 3.92. The van der Waals surface area contributed by atoms with Crippen LogP contribution in [0.4, 0.5) is 5.69 Å². The van der Waals surface area contributed by atoms with E-state index in [0.29, 0.717) is 6.54 Å². The van der Waals surface area contributed by atoms with Gasteiger partial charge in [0.1, 0.15) is 0 Å². The molecule has 1 saturated heterocycles. The largest absolute Gasteiger partial charge is 0.378 e. The number of nitrogens with two attached hydrogens (primary N) is 1. The summed E-state index contributed by atoms with van der Waals surface area (Å²) in [6.07, 6.45) is 0. The average Bonchev–Trinajstić information content (AvgIpc) is 2.30. The average molecular weight is 263 g/mol. The molecule has 0 unspecified atom stereocenters. The molecule has 1 aliphatic heterocycles. The summed E-state index contributed by atoms with van der Waals surface area (Å²) in [5.74, 6) is 0. The molecule has 3 nitrogen and oxygen atoms in total. The number of ether oxygens (including phenoxy) is 1. The van der Waals surface area contributed by atoms with Crippen LogP contribution in [-0.4, -0.2) is 26.3 Å². The van der Waals surface area contributed by atoms with Crippen molar-refractivity contribution in [3.63, 3.8) is 0 Å². The first-order valence-electron chi connectivity index (χ1n) is 5.12. The van der Waals surface area contributed by atoms with E-state index in [2.05, 4.69) is 11.0 Å². The first-order chi connectivity index (χ1) is 7.31. The summed E-state index contributed by atoms with van der Waals surface area (Å²) < 4.78 is 5.30. The van der Waals surface area contributed by atoms with Crippen LogP contribution in [-0.2, 0) is 11.3 Å². The van der Waals surface area contributed by atoms with Crippen LogP contribution in [0.1, 0.15) is 5.56 Å². The fourth-order valence-corrected chi connectivity index (χ4v) is 1.97. The molecule has 1 aromatic rings. The summed E-state index contributed by atoms with van der Waals surface area (Å²) in [6, 6.07) is 6.04. The summed E-state index contributed by atoms with van der Waals surface area (Å²) >= 11 is 6.11. The van der Waals surface area contributed by atoms with E-state index in [1.807, 2.05) is 12.1 Å². The van der Waals surface area contributed by atoms with Crippen LogP contribution in [0, 0.1) is 0 Å². The number of benzene rings is 1. The number of morpholine rings is 1. The highest BCUT2D eigenvalue weighted by Gasteiger charge is 2.11. The number of anilines is 1. The first-order valence-corrected chi connectivity index (χ1v) is 5.50. The zero-order valence-electron chi connectivity index (χ0n) is 8.99. The molecule has 0 atom stereocenters. The topological polar surface area (TPSA) is 38.5 Å². The Balaban J connectivity index is 0.00000128. The van der Waals surface area contributed by atoms with Gasteiger partial charge in [0.25, 0.3) is 0 Å². The molecule has 0 radical (unpaired) electrons. The maximum Gasteiger partial charge on any atom is 0.0642 e. The van der Waals surface area contributed by atoms with Crippen LogP contribution < -0.4 is 10.6 Å². The lowest BCUT2D eigenvalue weighted by Crippen LogP contribution is -2.36. The Morgan fingerprint density at radius 1 is 1.31 bits per heavy atom. The van der Waals surface area contributed by atoms with Gasteiger partial charge in [-0.2, -0.15) is 0 Å². The van der Waals surface area contributed by atoms with Crippen molar-refractivity contribution in [3.8, 4) is 0 Å². The zero-order chi connectivity index (χ0) is 10.7. The van der Waals surface area contributed by atoms with E-state index in [9.17, 15) is 0 Å². The second kappa shape index (κ2) is 6.30. The smallest absolute Gasteiger partial charge is 0.0642 e. The van der Waals surface area contributed by atoms with Gasteiger partial charge in [-0.1, -0.05) is 17.7 Å². The van der Waals surface area contributed by atoms with Gasteiger partial charge in [-0.05, 0) is 17.7 Å². The molecule has 1 aliphatic rings. The highest BCUT2D eigenvalue weighted by Crippen LogP contribution is 2.24. The van der Waals surface area contributed by atoms with Crippen molar-refractivity contribution in [1.29, 1.82) is 0 Å². The van der Waals surface area contributed by atoms with E-state index in [1.54, 1.807) is 0 Å². The van der Waals surface area contributed by atoms with Crippen LogP contribution in [0.25, 0.3) is 0 Å². The molecule has 0 aliphatic carbocycles. The van der Waals surface area contributed by atoms with Crippen molar-refractivity contribution in [3.05, 3.63) is 28.8 Å². The molecule has 1 fully saturated rings. The lowest BCUT2D eigenvalue weighted by molar-refractivity contribution is 0.122. The standard InChI is InChI=1S/C11H15ClN2O.ClH/c12-11-7-10(2-1-9(11)8-13)14-3-5-15-6-4-14;/h1-2,7H,3-6,8,13H2;1H.